The molecule has 0 spiro atoms. The van der Waals surface area contributed by atoms with E-state index in [1.54, 1.807) is 23.4 Å². The predicted octanol–water partition coefficient (Wildman–Crippen LogP) is 2.38. The molecule has 20 heavy (non-hydrogen) atoms. The second-order valence-corrected chi connectivity index (χ2v) is 8.20. The topological polar surface area (TPSA) is 61.2 Å². The molecular formula is C14H18N2O2S2. The van der Waals surface area contributed by atoms with E-state index < -0.39 is 10.0 Å². The van der Waals surface area contributed by atoms with Crippen molar-refractivity contribution in [3.63, 3.8) is 0 Å². The second kappa shape index (κ2) is 6.17. The molecule has 108 valence electrons. The quantitative estimate of drug-likeness (QED) is 0.860. The van der Waals surface area contributed by atoms with Gasteiger partial charge in [0.15, 0.2) is 0 Å². The molecule has 0 radical (unpaired) electrons. The second-order valence-electron chi connectivity index (χ2n) is 4.85. The van der Waals surface area contributed by atoms with Crippen LogP contribution in [-0.2, 0) is 10.0 Å². The maximum Gasteiger partial charge on any atom is 0.243 e. The molecule has 0 amide bonds. The highest BCUT2D eigenvalue weighted by atomic mass is 32.2. The Morgan fingerprint density at radius 2 is 2.25 bits per heavy atom. The van der Waals surface area contributed by atoms with Gasteiger partial charge in [-0.05, 0) is 37.1 Å². The van der Waals surface area contributed by atoms with E-state index in [-0.39, 0.29) is 4.90 Å². The van der Waals surface area contributed by atoms with Gasteiger partial charge in [0.1, 0.15) is 0 Å². The first-order valence-corrected chi connectivity index (χ1v) is 9.10. The summed E-state index contributed by atoms with van der Waals surface area (Å²) in [7, 11) is -3.44. The average Bonchev–Trinajstić information content (AvgIpc) is 2.47. The number of rotatable bonds is 3. The van der Waals surface area contributed by atoms with Gasteiger partial charge < -0.3 is 0 Å². The van der Waals surface area contributed by atoms with Gasteiger partial charge in [-0.15, -0.1) is 0 Å². The van der Waals surface area contributed by atoms with Crippen LogP contribution in [0.15, 0.2) is 23.1 Å². The lowest BCUT2D eigenvalue weighted by Gasteiger charge is -2.31. The van der Waals surface area contributed by atoms with Crippen molar-refractivity contribution in [2.24, 2.45) is 0 Å². The van der Waals surface area contributed by atoms with Crippen LogP contribution < -0.4 is 0 Å². The van der Waals surface area contributed by atoms with E-state index in [0.29, 0.717) is 29.5 Å². The van der Waals surface area contributed by atoms with E-state index >= 15 is 0 Å². The van der Waals surface area contributed by atoms with Gasteiger partial charge in [-0.3, -0.25) is 0 Å². The highest BCUT2D eigenvalue weighted by Gasteiger charge is 2.30. The third-order valence-electron chi connectivity index (χ3n) is 3.51. The fraction of sp³-hybridized carbons (Fsp3) is 0.500. The Morgan fingerprint density at radius 3 is 2.85 bits per heavy atom. The molecule has 6 heteroatoms. The summed E-state index contributed by atoms with van der Waals surface area (Å²) >= 11 is 1.84. The minimum Gasteiger partial charge on any atom is -0.207 e. The Bertz CT molecular complexity index is 635. The average molecular weight is 310 g/mol. The smallest absolute Gasteiger partial charge is 0.207 e. The molecule has 1 fully saturated rings. The van der Waals surface area contributed by atoms with Crippen LogP contribution in [0, 0.1) is 18.3 Å². The number of hydrogen-bond acceptors (Lipinski definition) is 4. The summed E-state index contributed by atoms with van der Waals surface area (Å²) < 4.78 is 26.8. The van der Waals surface area contributed by atoms with Gasteiger partial charge in [-0.1, -0.05) is 6.92 Å². The van der Waals surface area contributed by atoms with Crippen molar-refractivity contribution < 1.29 is 8.42 Å². The van der Waals surface area contributed by atoms with Gasteiger partial charge in [0.2, 0.25) is 10.0 Å². The van der Waals surface area contributed by atoms with Crippen LogP contribution in [0.5, 0.6) is 0 Å². The lowest BCUT2D eigenvalue weighted by atomic mass is 10.1. The van der Waals surface area contributed by atoms with Crippen molar-refractivity contribution in [1.82, 2.24) is 4.31 Å². The Labute approximate surface area is 124 Å². The summed E-state index contributed by atoms with van der Waals surface area (Å²) in [5, 5.41) is 9.29. The van der Waals surface area contributed by atoms with Crippen molar-refractivity contribution >= 4 is 21.8 Å². The van der Waals surface area contributed by atoms with E-state index in [2.05, 4.69) is 13.0 Å². The van der Waals surface area contributed by atoms with Gasteiger partial charge in [-0.2, -0.15) is 21.3 Å². The zero-order valence-electron chi connectivity index (χ0n) is 11.7. The first kappa shape index (κ1) is 15.4. The lowest BCUT2D eigenvalue weighted by molar-refractivity contribution is 0.416. The fourth-order valence-corrected chi connectivity index (χ4v) is 5.19. The maximum atomic E-state index is 12.6. The molecule has 1 aromatic rings. The summed E-state index contributed by atoms with van der Waals surface area (Å²) in [4.78, 5) is 0.288. The van der Waals surface area contributed by atoms with Crippen LogP contribution in [0.3, 0.4) is 0 Å². The molecule has 1 unspecified atom stereocenters. The Balaban J connectivity index is 2.31. The van der Waals surface area contributed by atoms with E-state index in [4.69, 9.17) is 5.26 Å². The number of aryl methyl sites for hydroxylation is 1. The van der Waals surface area contributed by atoms with Gasteiger partial charge >= 0.3 is 0 Å². The monoisotopic (exact) mass is 310 g/mol. The molecule has 1 heterocycles. The largest absolute Gasteiger partial charge is 0.243 e. The molecule has 1 atom stereocenters. The van der Waals surface area contributed by atoms with Gasteiger partial charge in [0.25, 0.3) is 0 Å². The number of hydrogen-bond donors (Lipinski definition) is 0. The number of nitriles is 1. The van der Waals surface area contributed by atoms with Crippen LogP contribution in [0.4, 0.5) is 0 Å². The van der Waals surface area contributed by atoms with Crippen molar-refractivity contribution in [1.29, 1.82) is 5.26 Å². The zero-order valence-corrected chi connectivity index (χ0v) is 13.3. The number of sulfonamides is 1. The lowest BCUT2D eigenvalue weighted by Crippen LogP contribution is -2.41. The molecule has 1 aromatic carbocycles. The Kier molecular flexibility index (Phi) is 4.74. The SMILES string of the molecule is CCC1CN(S(=O)(=O)c2ccc(C#N)c(C)c2)CCS1. The summed E-state index contributed by atoms with van der Waals surface area (Å²) in [6, 6.07) is 6.76. The first-order chi connectivity index (χ1) is 9.48. The first-order valence-electron chi connectivity index (χ1n) is 6.61. The molecule has 1 aliphatic heterocycles. The normalized spacial score (nSPS) is 20.6. The molecule has 0 N–H and O–H groups in total. The number of thioether (sulfide) groups is 1. The van der Waals surface area contributed by atoms with Crippen LogP contribution in [-0.4, -0.2) is 36.8 Å². The molecule has 0 aliphatic carbocycles. The molecular weight excluding hydrogens is 292 g/mol. The molecule has 1 saturated heterocycles. The van der Waals surface area contributed by atoms with Crippen LogP contribution in [0.1, 0.15) is 24.5 Å². The van der Waals surface area contributed by atoms with E-state index in [1.165, 1.54) is 6.07 Å². The van der Waals surface area contributed by atoms with Crippen LogP contribution in [0.2, 0.25) is 0 Å². The predicted molar refractivity (Wildman–Crippen MR) is 81.2 cm³/mol. The molecule has 0 aromatic heterocycles. The molecule has 2 rings (SSSR count). The molecule has 1 aliphatic rings. The summed E-state index contributed by atoms with van der Waals surface area (Å²) in [5.74, 6) is 0.840. The van der Waals surface area contributed by atoms with E-state index in [9.17, 15) is 8.42 Å². The highest BCUT2D eigenvalue weighted by molar-refractivity contribution is 8.00. The Morgan fingerprint density at radius 1 is 1.50 bits per heavy atom. The summed E-state index contributed by atoms with van der Waals surface area (Å²) in [6.07, 6.45) is 0.975. The molecule has 0 bridgehead atoms. The minimum atomic E-state index is -3.44. The number of nitrogens with zero attached hydrogens (tertiary/aromatic N) is 2. The number of benzene rings is 1. The van der Waals surface area contributed by atoms with Gasteiger partial charge in [0.05, 0.1) is 16.5 Å². The molecule has 0 saturated carbocycles. The van der Waals surface area contributed by atoms with E-state index in [0.717, 1.165) is 12.2 Å². The highest BCUT2D eigenvalue weighted by Crippen LogP contribution is 2.26. The summed E-state index contributed by atoms with van der Waals surface area (Å²) in [6.45, 7) is 4.98. The molecule has 4 nitrogen and oxygen atoms in total. The standard InChI is InChI=1S/C14H18N2O2S2/c1-3-13-10-16(6-7-19-13)20(17,18)14-5-4-12(9-15)11(2)8-14/h4-5,8,13H,3,6-7,10H2,1-2H3. The third-order valence-corrected chi connectivity index (χ3v) is 6.75. The van der Waals surface area contributed by atoms with Crippen LogP contribution in [0.25, 0.3) is 0 Å². The Hall–Kier alpha value is -1.03. The zero-order chi connectivity index (χ0) is 14.8. The minimum absolute atomic E-state index is 0.288. The fourth-order valence-electron chi connectivity index (χ4n) is 2.23. The third kappa shape index (κ3) is 3.00. The van der Waals surface area contributed by atoms with Crippen molar-refractivity contribution in [3.05, 3.63) is 29.3 Å². The van der Waals surface area contributed by atoms with Crippen molar-refractivity contribution in [2.45, 2.75) is 30.4 Å². The summed E-state index contributed by atoms with van der Waals surface area (Å²) in [5.41, 5.74) is 1.22. The van der Waals surface area contributed by atoms with E-state index in [1.807, 2.05) is 11.8 Å². The van der Waals surface area contributed by atoms with Gasteiger partial charge in [-0.25, -0.2) is 8.42 Å². The van der Waals surface area contributed by atoms with Crippen molar-refractivity contribution in [2.75, 3.05) is 18.8 Å². The van der Waals surface area contributed by atoms with Crippen LogP contribution >= 0.6 is 11.8 Å². The van der Waals surface area contributed by atoms with Crippen molar-refractivity contribution in [3.8, 4) is 6.07 Å². The maximum absolute atomic E-state index is 12.6. The van der Waals surface area contributed by atoms with Gasteiger partial charge in [0, 0.05) is 24.1 Å².